The molecule has 0 aliphatic carbocycles. The third-order valence-corrected chi connectivity index (χ3v) is 4.10. The van der Waals surface area contributed by atoms with E-state index in [-0.39, 0.29) is 0 Å². The fourth-order valence-electron chi connectivity index (χ4n) is 2.18. The largest absolute Gasteiger partial charge is 0.220 e. The van der Waals surface area contributed by atoms with Crippen molar-refractivity contribution >= 4 is 17.0 Å². The van der Waals surface area contributed by atoms with Crippen molar-refractivity contribution in [3.8, 4) is 5.69 Å². The van der Waals surface area contributed by atoms with E-state index in [1.165, 1.54) is 0 Å². The number of benzene rings is 2. The minimum atomic E-state index is 0.583. The zero-order chi connectivity index (χ0) is 15.4. The van der Waals surface area contributed by atoms with E-state index in [0.29, 0.717) is 5.92 Å². The quantitative estimate of drug-likeness (QED) is 0.704. The van der Waals surface area contributed by atoms with Gasteiger partial charge in [0.25, 0.3) is 0 Å². The van der Waals surface area contributed by atoms with Gasteiger partial charge in [-0.15, -0.1) is 0 Å². The Balaban J connectivity index is 2.11. The van der Waals surface area contributed by atoms with E-state index in [1.54, 1.807) is 11.3 Å². The van der Waals surface area contributed by atoms with E-state index >= 15 is 0 Å². The zero-order valence-corrected chi connectivity index (χ0v) is 13.6. The lowest BCUT2D eigenvalue weighted by atomic mass is 10.1. The van der Waals surface area contributed by atoms with Crippen molar-refractivity contribution in [1.82, 2.24) is 9.78 Å². The molecule has 0 aliphatic rings. The second-order valence-electron chi connectivity index (χ2n) is 5.57. The van der Waals surface area contributed by atoms with Crippen LogP contribution in [0.1, 0.15) is 18.9 Å². The lowest BCUT2D eigenvalue weighted by Crippen LogP contribution is -2.13. The summed E-state index contributed by atoms with van der Waals surface area (Å²) in [7, 11) is 0. The summed E-state index contributed by atoms with van der Waals surface area (Å²) >= 11 is 1.66. The van der Waals surface area contributed by atoms with Crippen LogP contribution in [0.4, 0.5) is 5.69 Å². The van der Waals surface area contributed by atoms with Gasteiger partial charge < -0.3 is 0 Å². The van der Waals surface area contributed by atoms with E-state index in [1.807, 2.05) is 53.2 Å². The van der Waals surface area contributed by atoms with Crippen LogP contribution in [0.15, 0.2) is 65.7 Å². The van der Waals surface area contributed by atoms with E-state index in [0.717, 1.165) is 27.6 Å². The third kappa shape index (κ3) is 3.52. The molecule has 3 nitrogen and oxygen atoms in total. The minimum Gasteiger partial charge on any atom is -0.220 e. The minimum absolute atomic E-state index is 0.583. The maximum Gasteiger partial charge on any atom is 0.213 e. The standard InChI is InChI=1S/C18H19N3S/c1-14(2)13-17-20-21(16-11-7-4-8-12-16)18(22-17)19-15-9-5-3-6-10-15/h3-12,14H,13H2,1-2H3. The maximum absolute atomic E-state index is 4.76. The Morgan fingerprint density at radius 3 is 2.27 bits per heavy atom. The summed E-state index contributed by atoms with van der Waals surface area (Å²) in [5.74, 6) is 0.583. The molecule has 3 aromatic rings. The number of para-hydroxylation sites is 2. The van der Waals surface area contributed by atoms with Crippen LogP contribution in [0.3, 0.4) is 0 Å². The van der Waals surface area contributed by atoms with Gasteiger partial charge >= 0.3 is 0 Å². The van der Waals surface area contributed by atoms with Gasteiger partial charge in [-0.1, -0.05) is 61.6 Å². The highest BCUT2D eigenvalue weighted by Crippen LogP contribution is 2.14. The predicted molar refractivity (Wildman–Crippen MR) is 91.6 cm³/mol. The molecule has 0 atom stereocenters. The molecule has 0 N–H and O–H groups in total. The number of nitrogens with zero attached hydrogens (tertiary/aromatic N) is 3. The van der Waals surface area contributed by atoms with Crippen LogP contribution in [0.5, 0.6) is 0 Å². The van der Waals surface area contributed by atoms with Crippen molar-refractivity contribution in [3.63, 3.8) is 0 Å². The smallest absolute Gasteiger partial charge is 0.213 e. The maximum atomic E-state index is 4.76. The molecule has 2 aromatic carbocycles. The molecule has 0 radical (unpaired) electrons. The molecule has 1 aromatic heterocycles. The molecule has 1 heterocycles. The van der Waals surface area contributed by atoms with Crippen molar-refractivity contribution < 1.29 is 0 Å². The van der Waals surface area contributed by atoms with Crippen LogP contribution in [-0.2, 0) is 6.42 Å². The Labute approximate surface area is 134 Å². The molecule has 0 unspecified atom stereocenters. The molecular weight excluding hydrogens is 290 g/mol. The van der Waals surface area contributed by atoms with Crippen molar-refractivity contribution in [2.75, 3.05) is 0 Å². The first-order valence-electron chi connectivity index (χ1n) is 7.46. The van der Waals surface area contributed by atoms with Crippen LogP contribution in [0.25, 0.3) is 5.69 Å². The van der Waals surface area contributed by atoms with Gasteiger partial charge in [0, 0.05) is 6.42 Å². The summed E-state index contributed by atoms with van der Waals surface area (Å²) in [5, 5.41) is 5.88. The summed E-state index contributed by atoms with van der Waals surface area (Å²) < 4.78 is 1.94. The van der Waals surface area contributed by atoms with E-state index in [9.17, 15) is 0 Å². The van der Waals surface area contributed by atoms with Gasteiger partial charge in [0.1, 0.15) is 5.01 Å². The van der Waals surface area contributed by atoms with Crippen LogP contribution in [0, 0.1) is 5.92 Å². The van der Waals surface area contributed by atoms with Gasteiger partial charge in [-0.2, -0.15) is 5.10 Å². The summed E-state index contributed by atoms with van der Waals surface area (Å²) in [4.78, 5) is 5.67. The van der Waals surface area contributed by atoms with Gasteiger partial charge in [-0.05, 0) is 30.2 Å². The number of aromatic nitrogens is 2. The van der Waals surface area contributed by atoms with Crippen LogP contribution in [0.2, 0.25) is 0 Å². The third-order valence-electron chi connectivity index (χ3n) is 3.17. The highest BCUT2D eigenvalue weighted by molar-refractivity contribution is 7.08. The van der Waals surface area contributed by atoms with Crippen LogP contribution < -0.4 is 4.80 Å². The van der Waals surface area contributed by atoms with Gasteiger partial charge in [0.05, 0.1) is 11.4 Å². The Morgan fingerprint density at radius 1 is 1.00 bits per heavy atom. The second-order valence-corrected chi connectivity index (χ2v) is 6.61. The fourth-order valence-corrected chi connectivity index (χ4v) is 3.31. The SMILES string of the molecule is CC(C)Cc1nn(-c2ccccc2)c(=Nc2ccccc2)s1. The molecule has 4 heteroatoms. The monoisotopic (exact) mass is 309 g/mol. The molecule has 22 heavy (non-hydrogen) atoms. The summed E-state index contributed by atoms with van der Waals surface area (Å²) in [6, 6.07) is 20.2. The molecular formula is C18H19N3S. The van der Waals surface area contributed by atoms with Crippen molar-refractivity contribution in [2.24, 2.45) is 10.9 Å². The van der Waals surface area contributed by atoms with E-state index in [4.69, 9.17) is 10.1 Å². The van der Waals surface area contributed by atoms with Gasteiger partial charge in [-0.3, -0.25) is 0 Å². The van der Waals surface area contributed by atoms with E-state index in [2.05, 4.69) is 26.0 Å². The van der Waals surface area contributed by atoms with Crippen molar-refractivity contribution in [3.05, 3.63) is 70.5 Å². The molecule has 0 aliphatic heterocycles. The van der Waals surface area contributed by atoms with Gasteiger partial charge in [0.2, 0.25) is 4.80 Å². The normalized spacial score (nSPS) is 12.0. The summed E-state index contributed by atoms with van der Waals surface area (Å²) in [6.07, 6.45) is 0.974. The number of rotatable bonds is 4. The van der Waals surface area contributed by atoms with Gasteiger partial charge in [-0.25, -0.2) is 9.67 Å². The average molecular weight is 309 g/mol. The zero-order valence-electron chi connectivity index (χ0n) is 12.8. The summed E-state index contributed by atoms with van der Waals surface area (Å²) in [5.41, 5.74) is 2.00. The molecule has 0 saturated heterocycles. The van der Waals surface area contributed by atoms with Crippen LogP contribution in [-0.4, -0.2) is 9.78 Å². The second kappa shape index (κ2) is 6.71. The summed E-state index contributed by atoms with van der Waals surface area (Å²) in [6.45, 7) is 4.42. The predicted octanol–water partition coefficient (Wildman–Crippen LogP) is 4.36. The molecule has 3 rings (SSSR count). The Kier molecular flexibility index (Phi) is 4.49. The molecule has 0 saturated carbocycles. The molecule has 0 amide bonds. The first-order chi connectivity index (χ1) is 10.7. The molecule has 112 valence electrons. The van der Waals surface area contributed by atoms with Crippen molar-refractivity contribution in [2.45, 2.75) is 20.3 Å². The Morgan fingerprint density at radius 2 is 1.64 bits per heavy atom. The average Bonchev–Trinajstić information content (AvgIpc) is 2.91. The van der Waals surface area contributed by atoms with Crippen molar-refractivity contribution in [1.29, 1.82) is 0 Å². The molecule has 0 fully saturated rings. The number of hydrogen-bond acceptors (Lipinski definition) is 3. The molecule has 0 bridgehead atoms. The first kappa shape index (κ1) is 14.7. The lowest BCUT2D eigenvalue weighted by molar-refractivity contribution is 0.632. The van der Waals surface area contributed by atoms with Crippen LogP contribution >= 0.6 is 11.3 Å². The highest BCUT2D eigenvalue weighted by Gasteiger charge is 2.08. The fraction of sp³-hybridized carbons (Fsp3) is 0.222. The topological polar surface area (TPSA) is 30.2 Å². The highest BCUT2D eigenvalue weighted by atomic mass is 32.1. The lowest BCUT2D eigenvalue weighted by Gasteiger charge is -2.01. The Bertz CT molecular complexity index is 786. The molecule has 0 spiro atoms. The first-order valence-corrected chi connectivity index (χ1v) is 8.28. The number of hydrogen-bond donors (Lipinski definition) is 0. The van der Waals surface area contributed by atoms with Gasteiger partial charge in [0.15, 0.2) is 0 Å². The van der Waals surface area contributed by atoms with E-state index < -0.39 is 0 Å². The Hall–Kier alpha value is -2.20.